The third-order valence-corrected chi connectivity index (χ3v) is 3.39. The Bertz CT molecular complexity index is 772. The van der Waals surface area contributed by atoms with Crippen molar-refractivity contribution in [2.75, 3.05) is 5.73 Å². The van der Waals surface area contributed by atoms with Crippen LogP contribution in [0.25, 0.3) is 22.5 Å². The lowest BCUT2D eigenvalue weighted by Gasteiger charge is -2.03. The molecule has 0 bridgehead atoms. The lowest BCUT2D eigenvalue weighted by atomic mass is 10.0. The Hall–Kier alpha value is -2.27. The lowest BCUT2D eigenvalue weighted by molar-refractivity contribution is 0.781. The van der Waals surface area contributed by atoms with Gasteiger partial charge in [-0.3, -0.25) is 4.68 Å². The van der Waals surface area contributed by atoms with Crippen LogP contribution in [0.15, 0.2) is 36.8 Å². The molecule has 0 saturated heterocycles. The van der Waals surface area contributed by atoms with Crippen LogP contribution in [-0.2, 0) is 14.1 Å². The van der Waals surface area contributed by atoms with Gasteiger partial charge in [0.05, 0.1) is 11.9 Å². The zero-order valence-corrected chi connectivity index (χ0v) is 12.0. The molecule has 2 heterocycles. The lowest BCUT2D eigenvalue weighted by Crippen LogP contribution is -1.97. The van der Waals surface area contributed by atoms with Gasteiger partial charge in [0.15, 0.2) is 0 Å². The third-order valence-electron chi connectivity index (χ3n) is 3.15. The number of aromatic nitrogens is 4. The standard InChI is InChI=1S/C14H14ClN5/c1-19-7-11(17-8-19)13-12(14(16)20(2)18-13)9-4-3-5-10(15)6-9/h3-8H,16H2,1-2H3. The Labute approximate surface area is 121 Å². The highest BCUT2D eigenvalue weighted by atomic mass is 35.5. The summed E-state index contributed by atoms with van der Waals surface area (Å²) in [6.07, 6.45) is 3.65. The molecule has 0 fully saturated rings. The van der Waals surface area contributed by atoms with E-state index in [-0.39, 0.29) is 0 Å². The van der Waals surface area contributed by atoms with Crippen molar-refractivity contribution in [3.63, 3.8) is 0 Å². The highest BCUT2D eigenvalue weighted by Crippen LogP contribution is 2.35. The van der Waals surface area contributed by atoms with E-state index in [1.165, 1.54) is 0 Å². The molecule has 6 heteroatoms. The Morgan fingerprint density at radius 2 is 2.05 bits per heavy atom. The van der Waals surface area contributed by atoms with Crippen molar-refractivity contribution in [3.05, 3.63) is 41.8 Å². The van der Waals surface area contributed by atoms with Crippen LogP contribution in [0.1, 0.15) is 0 Å². The maximum atomic E-state index is 6.15. The molecular formula is C14H14ClN5. The van der Waals surface area contributed by atoms with Gasteiger partial charge in [-0.15, -0.1) is 0 Å². The van der Waals surface area contributed by atoms with Crippen LogP contribution >= 0.6 is 11.6 Å². The first-order valence-corrected chi connectivity index (χ1v) is 6.51. The first kappa shape index (κ1) is 12.7. The molecule has 3 rings (SSSR count). The highest BCUT2D eigenvalue weighted by Gasteiger charge is 2.19. The summed E-state index contributed by atoms with van der Waals surface area (Å²) in [5.41, 5.74) is 9.49. The van der Waals surface area contributed by atoms with E-state index in [0.29, 0.717) is 10.8 Å². The fourth-order valence-corrected chi connectivity index (χ4v) is 2.37. The van der Waals surface area contributed by atoms with E-state index in [2.05, 4.69) is 10.1 Å². The number of aryl methyl sites for hydroxylation is 2. The molecule has 0 aliphatic rings. The maximum Gasteiger partial charge on any atom is 0.129 e. The fourth-order valence-electron chi connectivity index (χ4n) is 2.18. The Balaban J connectivity index is 2.24. The fraction of sp³-hybridized carbons (Fsp3) is 0.143. The number of imidazole rings is 1. The second-order valence-corrected chi connectivity index (χ2v) is 5.10. The number of hydrogen-bond donors (Lipinski definition) is 1. The summed E-state index contributed by atoms with van der Waals surface area (Å²) >= 11 is 6.07. The van der Waals surface area contributed by atoms with Crippen molar-refractivity contribution >= 4 is 17.4 Å². The summed E-state index contributed by atoms with van der Waals surface area (Å²) in [7, 11) is 3.73. The maximum absolute atomic E-state index is 6.15. The molecule has 0 atom stereocenters. The summed E-state index contributed by atoms with van der Waals surface area (Å²) in [4.78, 5) is 4.35. The van der Waals surface area contributed by atoms with E-state index < -0.39 is 0 Å². The van der Waals surface area contributed by atoms with Crippen molar-refractivity contribution < 1.29 is 0 Å². The summed E-state index contributed by atoms with van der Waals surface area (Å²) in [5, 5.41) is 5.14. The van der Waals surface area contributed by atoms with E-state index in [4.69, 9.17) is 17.3 Å². The van der Waals surface area contributed by atoms with Gasteiger partial charge in [0.2, 0.25) is 0 Å². The SMILES string of the molecule is Cn1cnc(-c2nn(C)c(N)c2-c2cccc(Cl)c2)c1. The zero-order valence-electron chi connectivity index (χ0n) is 11.2. The molecule has 0 spiro atoms. The van der Waals surface area contributed by atoms with Gasteiger partial charge in [-0.05, 0) is 17.7 Å². The molecular weight excluding hydrogens is 274 g/mol. The second kappa shape index (κ2) is 4.68. The number of halogens is 1. The molecule has 102 valence electrons. The third kappa shape index (κ3) is 2.06. The zero-order chi connectivity index (χ0) is 14.3. The van der Waals surface area contributed by atoms with Gasteiger partial charge in [0, 0.05) is 25.3 Å². The minimum atomic E-state index is 0.591. The van der Waals surface area contributed by atoms with Gasteiger partial charge in [-0.25, -0.2) is 4.98 Å². The molecule has 20 heavy (non-hydrogen) atoms. The highest BCUT2D eigenvalue weighted by molar-refractivity contribution is 6.30. The number of rotatable bonds is 2. The minimum absolute atomic E-state index is 0.591. The van der Waals surface area contributed by atoms with Gasteiger partial charge in [-0.1, -0.05) is 23.7 Å². The minimum Gasteiger partial charge on any atom is -0.383 e. The summed E-state index contributed by atoms with van der Waals surface area (Å²) in [6, 6.07) is 7.57. The van der Waals surface area contributed by atoms with E-state index in [9.17, 15) is 0 Å². The van der Waals surface area contributed by atoms with Crippen LogP contribution in [0.3, 0.4) is 0 Å². The van der Waals surface area contributed by atoms with E-state index >= 15 is 0 Å². The smallest absolute Gasteiger partial charge is 0.129 e. The summed E-state index contributed by atoms with van der Waals surface area (Å²) < 4.78 is 3.53. The molecule has 0 aliphatic carbocycles. The average molecular weight is 288 g/mol. The van der Waals surface area contributed by atoms with E-state index in [1.54, 1.807) is 11.0 Å². The van der Waals surface area contributed by atoms with Gasteiger partial charge in [-0.2, -0.15) is 5.10 Å². The topological polar surface area (TPSA) is 61.7 Å². The van der Waals surface area contributed by atoms with Crippen molar-refractivity contribution in [2.45, 2.75) is 0 Å². The molecule has 0 radical (unpaired) electrons. The van der Waals surface area contributed by atoms with Gasteiger partial charge in [0.25, 0.3) is 0 Å². The van der Waals surface area contributed by atoms with Crippen molar-refractivity contribution in [1.29, 1.82) is 0 Å². The van der Waals surface area contributed by atoms with Crippen LogP contribution in [0, 0.1) is 0 Å². The molecule has 0 aliphatic heterocycles. The number of nitrogens with two attached hydrogens (primary N) is 1. The van der Waals surface area contributed by atoms with Gasteiger partial charge in [0.1, 0.15) is 17.2 Å². The molecule has 2 aromatic heterocycles. The normalized spacial score (nSPS) is 10.9. The molecule has 0 unspecified atom stereocenters. The molecule has 5 nitrogen and oxygen atoms in total. The van der Waals surface area contributed by atoms with Crippen LogP contribution in [0.4, 0.5) is 5.82 Å². The monoisotopic (exact) mass is 287 g/mol. The van der Waals surface area contributed by atoms with Crippen molar-refractivity contribution in [1.82, 2.24) is 19.3 Å². The largest absolute Gasteiger partial charge is 0.383 e. The van der Waals surface area contributed by atoms with E-state index in [1.807, 2.05) is 49.1 Å². The molecule has 2 N–H and O–H groups in total. The van der Waals surface area contributed by atoms with Crippen LogP contribution < -0.4 is 5.73 Å². The Morgan fingerprint density at radius 1 is 1.25 bits per heavy atom. The molecule has 3 aromatic rings. The first-order valence-electron chi connectivity index (χ1n) is 6.13. The Kier molecular flexibility index (Phi) is 2.99. The summed E-state index contributed by atoms with van der Waals surface area (Å²) in [6.45, 7) is 0. The van der Waals surface area contributed by atoms with Crippen molar-refractivity contribution in [2.24, 2.45) is 14.1 Å². The first-order chi connectivity index (χ1) is 9.56. The molecule has 0 amide bonds. The number of hydrogen-bond acceptors (Lipinski definition) is 3. The number of anilines is 1. The van der Waals surface area contributed by atoms with Crippen LogP contribution in [0.2, 0.25) is 5.02 Å². The van der Waals surface area contributed by atoms with Crippen LogP contribution in [0.5, 0.6) is 0 Å². The average Bonchev–Trinajstić information content (AvgIpc) is 2.95. The second-order valence-electron chi connectivity index (χ2n) is 4.67. The number of nitrogens with zero attached hydrogens (tertiary/aromatic N) is 4. The number of benzene rings is 1. The van der Waals surface area contributed by atoms with Gasteiger partial charge >= 0.3 is 0 Å². The summed E-state index contributed by atoms with van der Waals surface area (Å²) in [5.74, 6) is 0.591. The number of nitrogen functional groups attached to an aromatic ring is 1. The predicted octanol–water partition coefficient (Wildman–Crippen LogP) is 2.72. The molecule has 0 saturated carbocycles. The van der Waals surface area contributed by atoms with Gasteiger partial charge < -0.3 is 10.3 Å². The quantitative estimate of drug-likeness (QED) is 0.788. The predicted molar refractivity (Wildman–Crippen MR) is 80.3 cm³/mol. The Morgan fingerprint density at radius 3 is 2.70 bits per heavy atom. The van der Waals surface area contributed by atoms with Crippen LogP contribution in [-0.4, -0.2) is 19.3 Å². The van der Waals surface area contributed by atoms with E-state index in [0.717, 1.165) is 22.5 Å². The van der Waals surface area contributed by atoms with Crippen molar-refractivity contribution in [3.8, 4) is 22.5 Å². The molecule has 1 aromatic carbocycles.